The quantitative estimate of drug-likeness (QED) is 0.648. The van der Waals surface area contributed by atoms with Gasteiger partial charge in [0.1, 0.15) is 29.6 Å². The molecule has 1 aliphatic rings. The van der Waals surface area contributed by atoms with Crippen LogP contribution in [0.25, 0.3) is 0 Å². The molecule has 30 heavy (non-hydrogen) atoms. The second kappa shape index (κ2) is 9.56. The first-order chi connectivity index (χ1) is 14.4. The van der Waals surface area contributed by atoms with Crippen molar-refractivity contribution in [3.8, 4) is 23.3 Å². The molecule has 0 bridgehead atoms. The largest absolute Gasteiger partial charge is 0.496 e. The first-order valence-corrected chi connectivity index (χ1v) is 8.62. The second-order valence-corrected chi connectivity index (χ2v) is 5.96. The molecule has 160 valence electrons. The summed E-state index contributed by atoms with van der Waals surface area (Å²) in [6.45, 7) is 0. The van der Waals surface area contributed by atoms with Crippen LogP contribution >= 0.6 is 0 Å². The molecule has 10 nitrogen and oxygen atoms in total. The average Bonchev–Trinajstić information content (AvgIpc) is 2.76. The Labute approximate surface area is 173 Å². The predicted molar refractivity (Wildman–Crippen MR) is 102 cm³/mol. The molecule has 0 fully saturated rings. The normalized spacial score (nSPS) is 15.7. The Bertz CT molecular complexity index is 958. The monoisotopic (exact) mass is 418 g/mol. The molecule has 1 aliphatic heterocycles. The van der Waals surface area contributed by atoms with Gasteiger partial charge in [0.15, 0.2) is 11.5 Å². The lowest BCUT2D eigenvalue weighted by molar-refractivity contribution is -0.140. The van der Waals surface area contributed by atoms with E-state index >= 15 is 0 Å². The number of carbonyl (C=O) groups excluding carboxylic acids is 2. The standard InChI is InChI=1S/C20H22N2O8/c1-25-12-7-14(27-3)13(26-2)6-10(12)17-11(9-21)19(22)30-15(8-16(23)28-4)18(17)20(24)29-5/h6-7,17H,8,22H2,1-5H3/t17-/m0/s1. The van der Waals surface area contributed by atoms with Crippen LogP contribution in [0.1, 0.15) is 17.9 Å². The van der Waals surface area contributed by atoms with Crippen molar-refractivity contribution in [2.24, 2.45) is 5.73 Å². The number of hydrogen-bond donors (Lipinski definition) is 1. The molecule has 0 radical (unpaired) electrons. The van der Waals surface area contributed by atoms with Crippen molar-refractivity contribution < 1.29 is 38.0 Å². The predicted octanol–water partition coefficient (Wildman–Crippen LogP) is 1.51. The number of allylic oxidation sites excluding steroid dienone is 1. The van der Waals surface area contributed by atoms with Gasteiger partial charge in [-0.3, -0.25) is 4.79 Å². The minimum absolute atomic E-state index is 0.0606. The number of hydrogen-bond acceptors (Lipinski definition) is 10. The summed E-state index contributed by atoms with van der Waals surface area (Å²) in [6, 6.07) is 5.06. The van der Waals surface area contributed by atoms with Crippen molar-refractivity contribution in [3.05, 3.63) is 40.5 Å². The van der Waals surface area contributed by atoms with Crippen LogP contribution in [0.5, 0.6) is 17.2 Å². The first kappa shape index (κ1) is 22.4. The first-order valence-electron chi connectivity index (χ1n) is 8.62. The van der Waals surface area contributed by atoms with E-state index in [1.54, 1.807) is 12.1 Å². The molecule has 0 aliphatic carbocycles. The van der Waals surface area contributed by atoms with E-state index in [-0.39, 0.29) is 22.8 Å². The maximum absolute atomic E-state index is 12.7. The molecule has 1 atom stereocenters. The topological polar surface area (TPSA) is 139 Å². The van der Waals surface area contributed by atoms with Gasteiger partial charge < -0.3 is 34.2 Å². The average molecular weight is 418 g/mol. The third-order valence-electron chi connectivity index (χ3n) is 4.48. The molecule has 2 N–H and O–H groups in total. The number of nitrogens with zero attached hydrogens (tertiary/aromatic N) is 1. The highest BCUT2D eigenvalue weighted by Gasteiger charge is 2.40. The number of rotatable bonds is 7. The van der Waals surface area contributed by atoms with E-state index in [4.69, 9.17) is 29.4 Å². The number of carbonyl (C=O) groups is 2. The summed E-state index contributed by atoms with van der Waals surface area (Å²) in [7, 11) is 6.67. The third kappa shape index (κ3) is 4.10. The van der Waals surface area contributed by atoms with E-state index in [9.17, 15) is 14.9 Å². The van der Waals surface area contributed by atoms with Crippen molar-refractivity contribution in [2.45, 2.75) is 12.3 Å². The van der Waals surface area contributed by atoms with Crippen molar-refractivity contribution in [2.75, 3.05) is 35.5 Å². The fourth-order valence-electron chi connectivity index (χ4n) is 3.08. The SMILES string of the molecule is COC(=O)CC1=C(C(=O)OC)[C@@H](c2cc(OC)c(OC)cc2OC)C(C#N)=C(N)O1. The van der Waals surface area contributed by atoms with Crippen molar-refractivity contribution in [1.29, 1.82) is 5.26 Å². The van der Waals surface area contributed by atoms with Gasteiger partial charge in [-0.05, 0) is 6.07 Å². The maximum Gasteiger partial charge on any atom is 0.338 e. The molecule has 0 amide bonds. The number of methoxy groups -OCH3 is 5. The number of benzene rings is 1. The highest BCUT2D eigenvalue weighted by atomic mass is 16.5. The van der Waals surface area contributed by atoms with Gasteiger partial charge in [-0.1, -0.05) is 0 Å². The molecule has 10 heteroatoms. The lowest BCUT2D eigenvalue weighted by Crippen LogP contribution is -2.27. The number of nitrogens with two attached hydrogens (primary N) is 1. The number of esters is 2. The second-order valence-electron chi connectivity index (χ2n) is 5.96. The van der Waals surface area contributed by atoms with Crippen LogP contribution in [0, 0.1) is 11.3 Å². The summed E-state index contributed by atoms with van der Waals surface area (Å²) in [5.74, 6) is -1.88. The summed E-state index contributed by atoms with van der Waals surface area (Å²) in [5.41, 5.74) is 6.16. The lowest BCUT2D eigenvalue weighted by Gasteiger charge is -2.29. The highest BCUT2D eigenvalue weighted by molar-refractivity contribution is 5.94. The minimum atomic E-state index is -1.05. The van der Waals surface area contributed by atoms with Gasteiger partial charge in [-0.15, -0.1) is 0 Å². The van der Waals surface area contributed by atoms with Crippen LogP contribution in [0.4, 0.5) is 0 Å². The van der Waals surface area contributed by atoms with E-state index in [2.05, 4.69) is 4.74 Å². The van der Waals surface area contributed by atoms with Crippen molar-refractivity contribution >= 4 is 11.9 Å². The minimum Gasteiger partial charge on any atom is -0.496 e. The van der Waals surface area contributed by atoms with E-state index in [1.165, 1.54) is 35.5 Å². The Kier molecular flexibility index (Phi) is 7.14. The van der Waals surface area contributed by atoms with Crippen LogP contribution in [0.15, 0.2) is 34.9 Å². The van der Waals surface area contributed by atoms with E-state index in [0.29, 0.717) is 22.8 Å². The van der Waals surface area contributed by atoms with Gasteiger partial charge in [0.25, 0.3) is 0 Å². The molecule has 0 saturated carbocycles. The Balaban J connectivity index is 2.85. The van der Waals surface area contributed by atoms with Crippen LogP contribution in [-0.2, 0) is 23.8 Å². The Morgan fingerprint density at radius 2 is 1.63 bits per heavy atom. The van der Waals surface area contributed by atoms with Crippen molar-refractivity contribution in [3.63, 3.8) is 0 Å². The smallest absolute Gasteiger partial charge is 0.338 e. The van der Waals surface area contributed by atoms with Crippen LogP contribution < -0.4 is 19.9 Å². The molecule has 0 aromatic heterocycles. The molecule has 0 unspecified atom stereocenters. The zero-order valence-corrected chi connectivity index (χ0v) is 17.2. The van der Waals surface area contributed by atoms with Crippen LogP contribution in [-0.4, -0.2) is 47.5 Å². The number of nitriles is 1. The third-order valence-corrected chi connectivity index (χ3v) is 4.48. The van der Waals surface area contributed by atoms with Gasteiger partial charge in [-0.25, -0.2) is 4.79 Å². The van der Waals surface area contributed by atoms with Crippen LogP contribution in [0.2, 0.25) is 0 Å². The Morgan fingerprint density at radius 3 is 2.13 bits per heavy atom. The van der Waals surface area contributed by atoms with E-state index < -0.39 is 24.3 Å². The van der Waals surface area contributed by atoms with Crippen LogP contribution in [0.3, 0.4) is 0 Å². The fourth-order valence-corrected chi connectivity index (χ4v) is 3.08. The van der Waals surface area contributed by atoms with Gasteiger partial charge in [0, 0.05) is 11.6 Å². The summed E-state index contributed by atoms with van der Waals surface area (Å²) >= 11 is 0. The Morgan fingerprint density at radius 1 is 1.03 bits per heavy atom. The summed E-state index contributed by atoms with van der Waals surface area (Å²) in [4.78, 5) is 24.6. The Hall–Kier alpha value is -3.87. The highest BCUT2D eigenvalue weighted by Crippen LogP contribution is 2.47. The number of ether oxygens (including phenoxy) is 6. The molecule has 1 heterocycles. The summed E-state index contributed by atoms with van der Waals surface area (Å²) in [6.07, 6.45) is -0.396. The summed E-state index contributed by atoms with van der Waals surface area (Å²) < 4.78 is 31.1. The van der Waals surface area contributed by atoms with Gasteiger partial charge >= 0.3 is 11.9 Å². The fraction of sp³-hybridized carbons (Fsp3) is 0.350. The van der Waals surface area contributed by atoms with Gasteiger partial charge in [0.2, 0.25) is 5.88 Å². The van der Waals surface area contributed by atoms with Crippen molar-refractivity contribution in [1.82, 2.24) is 0 Å². The molecule has 0 saturated heterocycles. The molecular weight excluding hydrogens is 396 g/mol. The van der Waals surface area contributed by atoms with Gasteiger partial charge in [-0.2, -0.15) is 5.26 Å². The van der Waals surface area contributed by atoms with E-state index in [0.717, 1.165) is 0 Å². The molecule has 0 spiro atoms. The maximum atomic E-state index is 12.7. The summed E-state index contributed by atoms with van der Waals surface area (Å²) in [5, 5.41) is 9.74. The van der Waals surface area contributed by atoms with E-state index in [1.807, 2.05) is 6.07 Å². The van der Waals surface area contributed by atoms with Gasteiger partial charge in [0.05, 0.1) is 47.0 Å². The zero-order chi connectivity index (χ0) is 22.4. The zero-order valence-electron chi connectivity index (χ0n) is 17.2. The molecule has 2 rings (SSSR count). The molecule has 1 aromatic rings. The lowest BCUT2D eigenvalue weighted by atomic mass is 9.82. The molecule has 1 aromatic carbocycles. The molecular formula is C20H22N2O8.